The topological polar surface area (TPSA) is 12.0 Å². The molecule has 0 amide bonds. The van der Waals surface area contributed by atoms with Crippen LogP contribution in [0.5, 0.6) is 0 Å². The number of nitrogens with one attached hydrogen (secondary N) is 1. The van der Waals surface area contributed by atoms with Gasteiger partial charge in [-0.25, -0.2) is 0 Å². The van der Waals surface area contributed by atoms with E-state index in [9.17, 15) is 0 Å². The fourth-order valence-electron chi connectivity index (χ4n) is 2.12. The molecule has 1 atom stereocenters. The minimum atomic E-state index is 0.249. The molecule has 0 fully saturated rings. The normalized spacial score (nSPS) is 21.2. The van der Waals surface area contributed by atoms with Crippen LogP contribution in [0.25, 0.3) is 0 Å². The van der Waals surface area contributed by atoms with Crippen LogP contribution < -0.4 is 5.32 Å². The Morgan fingerprint density at radius 3 is 3.00 bits per heavy atom. The van der Waals surface area contributed by atoms with Gasteiger partial charge in [-0.05, 0) is 30.7 Å². The molecule has 1 N–H and O–H groups in total. The van der Waals surface area contributed by atoms with E-state index >= 15 is 0 Å². The molecule has 2 heteroatoms. The summed E-state index contributed by atoms with van der Waals surface area (Å²) in [7, 11) is 0. The zero-order valence-corrected chi connectivity index (χ0v) is 11.0. The lowest BCUT2D eigenvalue weighted by Crippen LogP contribution is -2.38. The van der Waals surface area contributed by atoms with E-state index in [0.29, 0.717) is 6.04 Å². The van der Waals surface area contributed by atoms with Crippen LogP contribution in [-0.2, 0) is 5.41 Å². The molecule has 0 aromatic carbocycles. The number of rotatable bonds is 4. The first kappa shape index (κ1) is 11.9. The lowest BCUT2D eigenvalue weighted by molar-refractivity contribution is 0.430. The molecular formula is C14H21NS. The Kier molecular flexibility index (Phi) is 3.82. The van der Waals surface area contributed by atoms with Gasteiger partial charge < -0.3 is 5.32 Å². The molecule has 1 nitrogen and oxygen atoms in total. The van der Waals surface area contributed by atoms with Crippen molar-refractivity contribution in [2.75, 3.05) is 6.54 Å². The van der Waals surface area contributed by atoms with Crippen LogP contribution >= 0.6 is 11.3 Å². The third-order valence-corrected chi connectivity index (χ3v) is 4.48. The average Bonchev–Trinajstić information content (AvgIpc) is 2.82. The van der Waals surface area contributed by atoms with Crippen molar-refractivity contribution in [3.05, 3.63) is 34.5 Å². The molecule has 0 aliphatic heterocycles. The van der Waals surface area contributed by atoms with Gasteiger partial charge in [0.25, 0.3) is 0 Å². The van der Waals surface area contributed by atoms with Crippen LogP contribution in [-0.4, -0.2) is 12.6 Å². The zero-order valence-electron chi connectivity index (χ0n) is 10.2. The van der Waals surface area contributed by atoms with Gasteiger partial charge in [0.15, 0.2) is 0 Å². The summed E-state index contributed by atoms with van der Waals surface area (Å²) in [4.78, 5) is 1.47. The molecular weight excluding hydrogens is 214 g/mol. The summed E-state index contributed by atoms with van der Waals surface area (Å²) >= 11 is 1.86. The third kappa shape index (κ3) is 2.96. The Morgan fingerprint density at radius 1 is 1.50 bits per heavy atom. The quantitative estimate of drug-likeness (QED) is 0.784. The minimum absolute atomic E-state index is 0.249. The SMILES string of the molecule is CC(C)(CNC1C=CCCC1)c1cccs1. The van der Waals surface area contributed by atoms with Crippen LogP contribution in [0.2, 0.25) is 0 Å². The van der Waals surface area contributed by atoms with Crippen LogP contribution in [0.4, 0.5) is 0 Å². The van der Waals surface area contributed by atoms with E-state index in [-0.39, 0.29) is 5.41 Å². The second kappa shape index (κ2) is 5.15. The molecule has 1 aromatic heterocycles. The predicted octanol–water partition coefficient (Wildman–Crippen LogP) is 3.72. The molecule has 0 saturated carbocycles. The minimum Gasteiger partial charge on any atom is -0.310 e. The molecule has 0 saturated heterocycles. The number of hydrogen-bond acceptors (Lipinski definition) is 2. The van der Waals surface area contributed by atoms with Crippen LogP contribution in [0.15, 0.2) is 29.7 Å². The van der Waals surface area contributed by atoms with Gasteiger partial charge in [-0.3, -0.25) is 0 Å². The molecule has 0 radical (unpaired) electrons. The molecule has 0 spiro atoms. The van der Waals surface area contributed by atoms with Gasteiger partial charge in [-0.15, -0.1) is 11.3 Å². The molecule has 1 unspecified atom stereocenters. The van der Waals surface area contributed by atoms with E-state index in [2.05, 4.69) is 48.8 Å². The Balaban J connectivity index is 1.89. The highest BCUT2D eigenvalue weighted by atomic mass is 32.1. The van der Waals surface area contributed by atoms with Crippen molar-refractivity contribution in [2.24, 2.45) is 0 Å². The van der Waals surface area contributed by atoms with E-state index in [0.717, 1.165) is 6.54 Å². The fraction of sp³-hybridized carbons (Fsp3) is 0.571. The van der Waals surface area contributed by atoms with Crippen molar-refractivity contribution >= 4 is 11.3 Å². The molecule has 1 aliphatic rings. The summed E-state index contributed by atoms with van der Waals surface area (Å²) in [5, 5.41) is 5.83. The molecule has 88 valence electrons. The highest BCUT2D eigenvalue weighted by Gasteiger charge is 2.22. The van der Waals surface area contributed by atoms with Crippen molar-refractivity contribution in [3.8, 4) is 0 Å². The van der Waals surface area contributed by atoms with Crippen molar-refractivity contribution in [1.29, 1.82) is 0 Å². The summed E-state index contributed by atoms with van der Waals surface area (Å²) in [5.41, 5.74) is 0.249. The van der Waals surface area contributed by atoms with Crippen LogP contribution in [0, 0.1) is 0 Å². The van der Waals surface area contributed by atoms with Gasteiger partial charge in [0.1, 0.15) is 0 Å². The molecule has 0 bridgehead atoms. The molecule has 1 aromatic rings. The summed E-state index contributed by atoms with van der Waals surface area (Å²) in [6, 6.07) is 4.97. The highest BCUT2D eigenvalue weighted by Crippen LogP contribution is 2.27. The van der Waals surface area contributed by atoms with E-state index < -0.39 is 0 Å². The Morgan fingerprint density at radius 2 is 2.38 bits per heavy atom. The van der Waals surface area contributed by atoms with Gasteiger partial charge in [-0.1, -0.05) is 32.1 Å². The summed E-state index contributed by atoms with van der Waals surface area (Å²) in [5.74, 6) is 0. The van der Waals surface area contributed by atoms with Crippen molar-refractivity contribution in [3.63, 3.8) is 0 Å². The highest BCUT2D eigenvalue weighted by molar-refractivity contribution is 7.10. The van der Waals surface area contributed by atoms with E-state index in [1.807, 2.05) is 11.3 Å². The van der Waals surface area contributed by atoms with Crippen LogP contribution in [0.3, 0.4) is 0 Å². The van der Waals surface area contributed by atoms with Gasteiger partial charge in [0.2, 0.25) is 0 Å². The van der Waals surface area contributed by atoms with Gasteiger partial charge in [-0.2, -0.15) is 0 Å². The summed E-state index contributed by atoms with van der Waals surface area (Å²) in [6.45, 7) is 5.69. The standard InChI is InChI=1S/C14H21NS/c1-14(2,13-9-6-10-16-13)11-15-12-7-4-3-5-8-12/h4,6-7,9-10,12,15H,3,5,8,11H2,1-2H3. The average molecular weight is 235 g/mol. The van der Waals surface area contributed by atoms with Gasteiger partial charge in [0.05, 0.1) is 0 Å². The first-order chi connectivity index (χ1) is 7.68. The second-order valence-electron chi connectivity index (χ2n) is 5.21. The molecule has 2 rings (SSSR count). The smallest absolute Gasteiger partial charge is 0.0250 e. The van der Waals surface area contributed by atoms with E-state index in [1.165, 1.54) is 24.1 Å². The monoisotopic (exact) mass is 235 g/mol. The maximum atomic E-state index is 3.67. The zero-order chi connectivity index (χ0) is 11.4. The Bertz CT molecular complexity index is 338. The lowest BCUT2D eigenvalue weighted by Gasteiger charge is -2.27. The first-order valence-corrected chi connectivity index (χ1v) is 7.00. The predicted molar refractivity (Wildman–Crippen MR) is 72.1 cm³/mol. The van der Waals surface area contributed by atoms with Crippen molar-refractivity contribution in [1.82, 2.24) is 5.32 Å². The van der Waals surface area contributed by atoms with Gasteiger partial charge >= 0.3 is 0 Å². The number of hydrogen-bond donors (Lipinski definition) is 1. The fourth-order valence-corrected chi connectivity index (χ4v) is 2.97. The molecule has 16 heavy (non-hydrogen) atoms. The number of allylic oxidation sites excluding steroid dienone is 1. The molecule has 1 aliphatic carbocycles. The van der Waals surface area contributed by atoms with E-state index in [1.54, 1.807) is 0 Å². The summed E-state index contributed by atoms with van der Waals surface area (Å²) in [6.07, 6.45) is 8.50. The van der Waals surface area contributed by atoms with Crippen molar-refractivity contribution < 1.29 is 0 Å². The largest absolute Gasteiger partial charge is 0.310 e. The Hall–Kier alpha value is -0.600. The van der Waals surface area contributed by atoms with Crippen LogP contribution in [0.1, 0.15) is 38.0 Å². The van der Waals surface area contributed by atoms with Crippen molar-refractivity contribution in [2.45, 2.75) is 44.6 Å². The second-order valence-corrected chi connectivity index (χ2v) is 6.16. The maximum absolute atomic E-state index is 3.67. The molecule has 1 heterocycles. The first-order valence-electron chi connectivity index (χ1n) is 6.12. The Labute approximate surface area is 103 Å². The lowest BCUT2D eigenvalue weighted by atomic mass is 9.90. The summed E-state index contributed by atoms with van der Waals surface area (Å²) < 4.78 is 0. The van der Waals surface area contributed by atoms with Gasteiger partial charge in [0, 0.05) is 22.9 Å². The van der Waals surface area contributed by atoms with E-state index in [4.69, 9.17) is 0 Å². The number of thiophene rings is 1. The maximum Gasteiger partial charge on any atom is 0.0250 e. The third-order valence-electron chi connectivity index (χ3n) is 3.25.